The Morgan fingerprint density at radius 3 is 2.58 bits per heavy atom. The fourth-order valence-electron chi connectivity index (χ4n) is 2.00. The molecule has 0 saturated heterocycles. The van der Waals surface area contributed by atoms with E-state index < -0.39 is 11.9 Å². The van der Waals surface area contributed by atoms with Gasteiger partial charge in [-0.2, -0.15) is 0 Å². The third-order valence-corrected chi connectivity index (χ3v) is 3.48. The van der Waals surface area contributed by atoms with Crippen molar-refractivity contribution in [2.24, 2.45) is 0 Å². The van der Waals surface area contributed by atoms with Crippen LogP contribution in [0.25, 0.3) is 0 Å². The average Bonchev–Trinajstić information content (AvgIpc) is 2.32. The number of aliphatic hydroxyl groups excluding tert-OH is 1. The van der Waals surface area contributed by atoms with Crippen LogP contribution in [0.2, 0.25) is 10.0 Å². The minimum atomic E-state index is -0.841. The van der Waals surface area contributed by atoms with E-state index in [9.17, 15) is 9.50 Å². The predicted molar refractivity (Wildman–Crippen MR) is 76.3 cm³/mol. The molecule has 0 aliphatic heterocycles. The van der Waals surface area contributed by atoms with Crippen molar-refractivity contribution in [3.05, 3.63) is 69.0 Å². The van der Waals surface area contributed by atoms with E-state index in [2.05, 4.69) is 0 Å². The zero-order valence-electron chi connectivity index (χ0n) is 10.3. The maximum Gasteiger partial charge on any atom is 0.127 e. The minimum absolute atomic E-state index is 0.116. The smallest absolute Gasteiger partial charge is 0.127 e. The number of benzene rings is 2. The molecule has 0 heterocycles. The SMILES string of the molecule is Cc1cc(Cl)cc(C(O)Cc2c(F)cccc2Cl)c1. The van der Waals surface area contributed by atoms with Gasteiger partial charge in [0, 0.05) is 22.0 Å². The number of aryl methyl sites for hydroxylation is 1. The Morgan fingerprint density at radius 2 is 1.95 bits per heavy atom. The number of halogens is 3. The Balaban J connectivity index is 2.28. The Hall–Kier alpha value is -1.09. The topological polar surface area (TPSA) is 20.2 Å². The van der Waals surface area contributed by atoms with Crippen molar-refractivity contribution < 1.29 is 9.50 Å². The molecule has 100 valence electrons. The van der Waals surface area contributed by atoms with E-state index >= 15 is 0 Å². The zero-order valence-corrected chi connectivity index (χ0v) is 11.8. The van der Waals surface area contributed by atoms with E-state index in [0.717, 1.165) is 5.56 Å². The van der Waals surface area contributed by atoms with Crippen LogP contribution in [0.15, 0.2) is 36.4 Å². The predicted octanol–water partition coefficient (Wildman–Crippen LogP) is 4.72. The highest BCUT2D eigenvalue weighted by atomic mass is 35.5. The van der Waals surface area contributed by atoms with Crippen LogP contribution in [0.4, 0.5) is 4.39 Å². The van der Waals surface area contributed by atoms with Gasteiger partial charge in [-0.25, -0.2) is 4.39 Å². The third-order valence-electron chi connectivity index (χ3n) is 2.91. The second kappa shape index (κ2) is 5.91. The molecule has 0 radical (unpaired) electrons. The van der Waals surface area contributed by atoms with Gasteiger partial charge in [-0.05, 0) is 42.3 Å². The summed E-state index contributed by atoms with van der Waals surface area (Å²) < 4.78 is 13.7. The summed E-state index contributed by atoms with van der Waals surface area (Å²) in [6.45, 7) is 1.89. The molecule has 0 aliphatic rings. The maximum absolute atomic E-state index is 13.7. The first-order chi connectivity index (χ1) is 8.97. The van der Waals surface area contributed by atoms with Crippen molar-refractivity contribution in [1.82, 2.24) is 0 Å². The third kappa shape index (κ3) is 3.47. The largest absolute Gasteiger partial charge is 0.388 e. The van der Waals surface area contributed by atoms with Gasteiger partial charge in [-0.15, -0.1) is 0 Å². The second-order valence-corrected chi connectivity index (χ2v) is 5.33. The molecule has 0 bridgehead atoms. The molecule has 2 aromatic rings. The summed E-state index contributed by atoms with van der Waals surface area (Å²) in [6, 6.07) is 9.78. The molecular weight excluding hydrogens is 286 g/mol. The summed E-state index contributed by atoms with van der Waals surface area (Å²) >= 11 is 11.9. The van der Waals surface area contributed by atoms with Crippen LogP contribution in [0.1, 0.15) is 22.8 Å². The fourth-order valence-corrected chi connectivity index (χ4v) is 2.53. The Morgan fingerprint density at radius 1 is 1.21 bits per heavy atom. The number of hydrogen-bond acceptors (Lipinski definition) is 1. The summed E-state index contributed by atoms with van der Waals surface area (Å²) in [5.74, 6) is -0.412. The number of rotatable bonds is 3. The Kier molecular flexibility index (Phi) is 4.46. The zero-order chi connectivity index (χ0) is 14.0. The van der Waals surface area contributed by atoms with Crippen LogP contribution >= 0.6 is 23.2 Å². The van der Waals surface area contributed by atoms with Crippen LogP contribution < -0.4 is 0 Å². The van der Waals surface area contributed by atoms with Gasteiger partial charge in [0.05, 0.1) is 6.10 Å². The second-order valence-electron chi connectivity index (χ2n) is 4.48. The molecular formula is C15H13Cl2FO. The number of aliphatic hydroxyl groups is 1. The summed E-state index contributed by atoms with van der Waals surface area (Å²) in [7, 11) is 0. The van der Waals surface area contributed by atoms with E-state index in [1.54, 1.807) is 18.2 Å². The highest BCUT2D eigenvalue weighted by Crippen LogP contribution is 2.27. The summed E-state index contributed by atoms with van der Waals surface area (Å²) in [4.78, 5) is 0. The van der Waals surface area contributed by atoms with Gasteiger partial charge >= 0.3 is 0 Å². The van der Waals surface area contributed by atoms with E-state index in [1.165, 1.54) is 12.1 Å². The van der Waals surface area contributed by atoms with Crippen molar-refractivity contribution in [2.45, 2.75) is 19.4 Å². The van der Waals surface area contributed by atoms with Crippen LogP contribution in [0.5, 0.6) is 0 Å². The molecule has 0 amide bonds. The van der Waals surface area contributed by atoms with Crippen molar-refractivity contribution in [3.8, 4) is 0 Å². The van der Waals surface area contributed by atoms with Crippen molar-refractivity contribution in [1.29, 1.82) is 0 Å². The van der Waals surface area contributed by atoms with Crippen LogP contribution in [-0.2, 0) is 6.42 Å². The minimum Gasteiger partial charge on any atom is -0.388 e. The average molecular weight is 299 g/mol. The standard InChI is InChI=1S/C15H13Cl2FO/c1-9-5-10(7-11(16)6-9)15(19)8-12-13(17)3-2-4-14(12)18/h2-7,15,19H,8H2,1H3. The first-order valence-corrected chi connectivity index (χ1v) is 6.61. The molecule has 1 unspecified atom stereocenters. The lowest BCUT2D eigenvalue weighted by molar-refractivity contribution is 0.177. The normalized spacial score (nSPS) is 12.5. The molecule has 0 saturated carbocycles. The first-order valence-electron chi connectivity index (χ1n) is 5.85. The van der Waals surface area contributed by atoms with E-state index in [-0.39, 0.29) is 6.42 Å². The van der Waals surface area contributed by atoms with Crippen molar-refractivity contribution in [2.75, 3.05) is 0 Å². The summed E-state index contributed by atoms with van der Waals surface area (Å²) in [6.07, 6.45) is -0.725. The Labute approximate surface area is 121 Å². The molecule has 1 nitrogen and oxygen atoms in total. The maximum atomic E-state index is 13.7. The lowest BCUT2D eigenvalue weighted by Gasteiger charge is -2.14. The van der Waals surface area contributed by atoms with Gasteiger partial charge in [0.2, 0.25) is 0 Å². The van der Waals surface area contributed by atoms with Crippen molar-refractivity contribution >= 4 is 23.2 Å². The van der Waals surface area contributed by atoms with Crippen LogP contribution in [-0.4, -0.2) is 5.11 Å². The van der Waals surface area contributed by atoms with Gasteiger partial charge in [0.15, 0.2) is 0 Å². The lowest BCUT2D eigenvalue weighted by Crippen LogP contribution is -2.04. The van der Waals surface area contributed by atoms with E-state index in [1.807, 2.05) is 13.0 Å². The van der Waals surface area contributed by atoms with Gasteiger partial charge in [0.1, 0.15) is 5.82 Å². The molecule has 0 spiro atoms. The van der Waals surface area contributed by atoms with E-state index in [4.69, 9.17) is 23.2 Å². The van der Waals surface area contributed by atoms with Gasteiger partial charge in [0.25, 0.3) is 0 Å². The highest BCUT2D eigenvalue weighted by molar-refractivity contribution is 6.31. The number of hydrogen-bond donors (Lipinski definition) is 1. The van der Waals surface area contributed by atoms with Crippen LogP contribution in [0, 0.1) is 12.7 Å². The first kappa shape index (κ1) is 14.3. The molecule has 0 fully saturated rings. The molecule has 1 atom stereocenters. The molecule has 2 aromatic carbocycles. The highest BCUT2D eigenvalue weighted by Gasteiger charge is 2.15. The Bertz CT molecular complexity index is 558. The van der Waals surface area contributed by atoms with Crippen molar-refractivity contribution in [3.63, 3.8) is 0 Å². The molecule has 1 N–H and O–H groups in total. The van der Waals surface area contributed by atoms with E-state index in [0.29, 0.717) is 21.2 Å². The molecule has 0 aliphatic carbocycles. The summed E-state index contributed by atoms with van der Waals surface area (Å²) in [5, 5.41) is 11.1. The molecule has 0 aromatic heterocycles. The molecule has 19 heavy (non-hydrogen) atoms. The fraction of sp³-hybridized carbons (Fsp3) is 0.200. The van der Waals surface area contributed by atoms with Crippen LogP contribution in [0.3, 0.4) is 0 Å². The monoisotopic (exact) mass is 298 g/mol. The molecule has 4 heteroatoms. The summed E-state index contributed by atoms with van der Waals surface area (Å²) in [5.41, 5.74) is 1.92. The lowest BCUT2D eigenvalue weighted by atomic mass is 9.99. The van der Waals surface area contributed by atoms with Gasteiger partial charge in [-0.1, -0.05) is 35.3 Å². The molecule has 2 rings (SSSR count). The quantitative estimate of drug-likeness (QED) is 0.869. The van der Waals surface area contributed by atoms with Gasteiger partial charge in [-0.3, -0.25) is 0 Å². The van der Waals surface area contributed by atoms with Gasteiger partial charge < -0.3 is 5.11 Å².